The van der Waals surface area contributed by atoms with Crippen molar-refractivity contribution in [3.8, 4) is 0 Å². The SMILES string of the molecule is C[Si](C)(C)[N-][Si](C)(C)C.C[Si](C)(C)[N-][Si](C)(C)C.Cc1ccccn1.Cc1ccccn1.[Mg+2]. The van der Waals surface area contributed by atoms with E-state index in [9.17, 15) is 0 Å². The monoisotopic (exact) mass is 530 g/mol. The second kappa shape index (κ2) is 17.3. The number of aromatic nitrogens is 2. The molecule has 0 atom stereocenters. The summed E-state index contributed by atoms with van der Waals surface area (Å²) >= 11 is 0. The summed E-state index contributed by atoms with van der Waals surface area (Å²) in [4.78, 5) is 7.96. The van der Waals surface area contributed by atoms with Gasteiger partial charge in [0, 0.05) is 23.8 Å². The van der Waals surface area contributed by atoms with Crippen molar-refractivity contribution in [2.45, 2.75) is 92.4 Å². The van der Waals surface area contributed by atoms with Crippen LogP contribution in [0.1, 0.15) is 11.4 Å². The van der Waals surface area contributed by atoms with Crippen molar-refractivity contribution in [3.63, 3.8) is 0 Å². The number of pyridine rings is 2. The molecule has 0 aliphatic carbocycles. The third kappa shape index (κ3) is 36.6. The van der Waals surface area contributed by atoms with Crippen molar-refractivity contribution in [2.24, 2.45) is 0 Å². The van der Waals surface area contributed by atoms with Crippen LogP contribution < -0.4 is 0 Å². The van der Waals surface area contributed by atoms with Crippen LogP contribution in [0.25, 0.3) is 9.30 Å². The fraction of sp³-hybridized carbons (Fsp3) is 0.583. The van der Waals surface area contributed by atoms with E-state index in [1.165, 1.54) is 0 Å². The maximum Gasteiger partial charge on any atom is 2.00 e. The molecule has 0 aliphatic heterocycles. The average molecular weight is 531 g/mol. The molecule has 2 aromatic heterocycles. The van der Waals surface area contributed by atoms with Crippen LogP contribution >= 0.6 is 0 Å². The molecule has 0 aromatic carbocycles. The standard InChI is InChI=1S/2C6H18NSi2.2C6H7N.Mg/c2*1-8(2,3)7-9(4,5)6;2*1-6-4-2-3-5-7-6;/h2*1-6H3;2*2-5H,1H3;/q2*-1;;;+2. The molecule has 184 valence electrons. The van der Waals surface area contributed by atoms with E-state index in [0.717, 1.165) is 11.4 Å². The van der Waals surface area contributed by atoms with Gasteiger partial charge in [-0.15, -0.1) is 0 Å². The van der Waals surface area contributed by atoms with Gasteiger partial charge in [-0.2, -0.15) is 0 Å². The van der Waals surface area contributed by atoms with Crippen LogP contribution in [-0.2, 0) is 0 Å². The number of nitrogens with zero attached hydrogens (tertiary/aromatic N) is 4. The molecule has 0 N–H and O–H groups in total. The Morgan fingerprint density at radius 2 is 0.727 bits per heavy atom. The molecule has 0 spiro atoms. The largest absolute Gasteiger partial charge is 2.00 e. The Kier molecular flexibility index (Phi) is 19.6. The van der Waals surface area contributed by atoms with E-state index in [1.807, 2.05) is 50.2 Å². The zero-order chi connectivity index (χ0) is 25.6. The Labute approximate surface area is 226 Å². The summed E-state index contributed by atoms with van der Waals surface area (Å²) in [6, 6.07) is 11.7. The fourth-order valence-electron chi connectivity index (χ4n) is 2.91. The Morgan fingerprint density at radius 1 is 0.485 bits per heavy atom. The minimum absolute atomic E-state index is 0. The van der Waals surface area contributed by atoms with E-state index < -0.39 is 32.9 Å². The Balaban J connectivity index is -0.000000362. The van der Waals surface area contributed by atoms with Crippen LogP contribution in [0.5, 0.6) is 0 Å². The molecule has 2 rings (SSSR count). The molecule has 0 radical (unpaired) electrons. The summed E-state index contributed by atoms with van der Waals surface area (Å²) in [6.07, 6.45) is 3.57. The molecule has 0 unspecified atom stereocenters. The molecule has 2 aromatic rings. The molecular weight excluding hydrogens is 481 g/mol. The zero-order valence-corrected chi connectivity index (χ0v) is 29.5. The first-order valence-corrected chi connectivity index (χ1v) is 25.2. The second-order valence-corrected chi connectivity index (χ2v) is 31.0. The van der Waals surface area contributed by atoms with E-state index >= 15 is 0 Å². The van der Waals surface area contributed by atoms with Crippen molar-refractivity contribution in [1.82, 2.24) is 9.97 Å². The molecule has 0 saturated carbocycles. The van der Waals surface area contributed by atoms with Crippen LogP contribution in [0.2, 0.25) is 78.6 Å². The van der Waals surface area contributed by atoms with Crippen LogP contribution in [0.4, 0.5) is 0 Å². The van der Waals surface area contributed by atoms with Crippen LogP contribution in [0, 0.1) is 13.8 Å². The first kappa shape index (κ1) is 37.4. The van der Waals surface area contributed by atoms with Crippen LogP contribution in [-0.4, -0.2) is 66.0 Å². The van der Waals surface area contributed by atoms with Gasteiger partial charge in [0.25, 0.3) is 0 Å². The number of hydrogen-bond acceptors (Lipinski definition) is 2. The smallest absolute Gasteiger partial charge is 0.668 e. The first-order valence-electron chi connectivity index (χ1n) is 11.4. The van der Waals surface area contributed by atoms with Crippen LogP contribution in [0.15, 0.2) is 48.8 Å². The molecule has 0 aliphatic rings. The first-order chi connectivity index (χ1) is 14.2. The van der Waals surface area contributed by atoms with E-state index in [0.29, 0.717) is 0 Å². The molecule has 0 saturated heterocycles. The third-order valence-corrected chi connectivity index (χ3v) is 13.7. The van der Waals surface area contributed by atoms with E-state index in [2.05, 4.69) is 88.5 Å². The van der Waals surface area contributed by atoms with Gasteiger partial charge in [-0.05, 0) is 38.1 Å². The van der Waals surface area contributed by atoms with Crippen molar-refractivity contribution in [3.05, 3.63) is 69.5 Å². The Bertz CT molecular complexity index is 618. The predicted octanol–water partition coefficient (Wildman–Crippen LogP) is 8.46. The molecule has 0 bridgehead atoms. The van der Waals surface area contributed by atoms with Crippen molar-refractivity contribution in [1.29, 1.82) is 0 Å². The molecule has 9 heteroatoms. The second-order valence-electron chi connectivity index (χ2n) is 11.8. The van der Waals surface area contributed by atoms with Crippen LogP contribution in [0.3, 0.4) is 0 Å². The molecule has 0 amide bonds. The molecule has 0 fully saturated rings. The maximum absolute atomic E-state index is 4.82. The minimum Gasteiger partial charge on any atom is -0.668 e. The van der Waals surface area contributed by atoms with Gasteiger partial charge >= 0.3 is 23.1 Å². The maximum atomic E-state index is 4.82. The van der Waals surface area contributed by atoms with Gasteiger partial charge in [-0.3, -0.25) is 9.97 Å². The predicted molar refractivity (Wildman–Crippen MR) is 164 cm³/mol. The van der Waals surface area contributed by atoms with Gasteiger partial charge in [-0.1, -0.05) is 124 Å². The van der Waals surface area contributed by atoms with Gasteiger partial charge in [0.05, 0.1) is 0 Å². The molecule has 2 heterocycles. The average Bonchev–Trinajstić information content (AvgIpc) is 2.51. The quantitative estimate of drug-likeness (QED) is 0.372. The number of rotatable bonds is 4. The zero-order valence-electron chi connectivity index (χ0n) is 24.1. The van der Waals surface area contributed by atoms with Gasteiger partial charge in [0.1, 0.15) is 0 Å². The third-order valence-electron chi connectivity index (χ3n) is 2.97. The summed E-state index contributed by atoms with van der Waals surface area (Å²) in [7, 11) is -4.42. The van der Waals surface area contributed by atoms with Gasteiger partial charge in [-0.25, -0.2) is 0 Å². The summed E-state index contributed by atoms with van der Waals surface area (Å²) in [5, 5.41) is 0. The van der Waals surface area contributed by atoms with Gasteiger partial charge < -0.3 is 9.30 Å². The fourth-order valence-corrected chi connectivity index (χ4v) is 19.0. The van der Waals surface area contributed by atoms with Crippen molar-refractivity contribution >= 4 is 56.0 Å². The topological polar surface area (TPSA) is 54.0 Å². The van der Waals surface area contributed by atoms with Gasteiger partial charge in [0.2, 0.25) is 0 Å². The Morgan fingerprint density at radius 3 is 0.788 bits per heavy atom. The molecular formula is C24H50MgN4Si4. The summed E-state index contributed by atoms with van der Waals surface area (Å²) in [6.45, 7) is 31.5. The Hall–Kier alpha value is -0.146. The van der Waals surface area contributed by atoms with Crippen molar-refractivity contribution < 1.29 is 0 Å². The molecule has 4 nitrogen and oxygen atoms in total. The van der Waals surface area contributed by atoms with E-state index in [4.69, 9.17) is 9.30 Å². The van der Waals surface area contributed by atoms with Gasteiger partial charge in [0.15, 0.2) is 0 Å². The van der Waals surface area contributed by atoms with Crippen molar-refractivity contribution in [2.75, 3.05) is 0 Å². The minimum atomic E-state index is -1.11. The van der Waals surface area contributed by atoms with E-state index in [-0.39, 0.29) is 23.1 Å². The normalized spacial score (nSPS) is 11.3. The summed E-state index contributed by atoms with van der Waals surface area (Å²) in [5.41, 5.74) is 2.14. The molecule has 33 heavy (non-hydrogen) atoms. The number of hydrogen-bond donors (Lipinski definition) is 0. The summed E-state index contributed by atoms with van der Waals surface area (Å²) < 4.78 is 9.64. The van der Waals surface area contributed by atoms with E-state index in [1.54, 1.807) is 12.4 Å². The number of aryl methyl sites for hydroxylation is 2. The summed E-state index contributed by atoms with van der Waals surface area (Å²) in [5.74, 6) is 0.